The molecule has 0 saturated carbocycles. The van der Waals surface area contributed by atoms with Crippen LogP contribution in [0.1, 0.15) is 16.8 Å². The molecule has 0 aliphatic heterocycles. The predicted octanol–water partition coefficient (Wildman–Crippen LogP) is 5.08. The first-order chi connectivity index (χ1) is 13.8. The predicted molar refractivity (Wildman–Crippen MR) is 99.3 cm³/mol. The second kappa shape index (κ2) is 8.64. The van der Waals surface area contributed by atoms with Crippen molar-refractivity contribution >= 4 is 12.0 Å². The molecular formula is C21H16F3NO4. The van der Waals surface area contributed by atoms with E-state index in [9.17, 15) is 18.0 Å². The zero-order valence-electron chi connectivity index (χ0n) is 15.0. The van der Waals surface area contributed by atoms with Gasteiger partial charge in [-0.25, -0.2) is 4.98 Å². The van der Waals surface area contributed by atoms with E-state index < -0.39 is 17.7 Å². The summed E-state index contributed by atoms with van der Waals surface area (Å²) in [5, 5.41) is 8.78. The van der Waals surface area contributed by atoms with Crippen LogP contribution in [0.5, 0.6) is 5.75 Å². The summed E-state index contributed by atoms with van der Waals surface area (Å²) in [6.07, 6.45) is 0.0630. The normalized spacial score (nSPS) is 11.7. The van der Waals surface area contributed by atoms with Gasteiger partial charge >= 0.3 is 12.1 Å². The number of hydrogen-bond acceptors (Lipinski definition) is 4. The van der Waals surface area contributed by atoms with Crippen molar-refractivity contribution in [2.45, 2.75) is 12.6 Å². The maximum absolute atomic E-state index is 12.6. The number of ether oxygens (including phenoxy) is 1. The Kier molecular flexibility index (Phi) is 6.01. The van der Waals surface area contributed by atoms with Crippen molar-refractivity contribution in [1.29, 1.82) is 0 Å². The zero-order valence-corrected chi connectivity index (χ0v) is 15.0. The highest BCUT2D eigenvalue weighted by atomic mass is 19.4. The lowest BCUT2D eigenvalue weighted by atomic mass is 10.1. The summed E-state index contributed by atoms with van der Waals surface area (Å²) >= 11 is 0. The van der Waals surface area contributed by atoms with E-state index in [0.717, 1.165) is 12.1 Å². The Labute approximate surface area is 164 Å². The maximum Gasteiger partial charge on any atom is 0.416 e. The van der Waals surface area contributed by atoms with Crippen molar-refractivity contribution in [2.24, 2.45) is 0 Å². The first-order valence-corrected chi connectivity index (χ1v) is 8.54. The summed E-state index contributed by atoms with van der Waals surface area (Å²) in [6.45, 7) is 0.209. The van der Waals surface area contributed by atoms with E-state index in [1.165, 1.54) is 18.4 Å². The van der Waals surface area contributed by atoms with E-state index in [1.807, 2.05) is 0 Å². The third-order valence-electron chi connectivity index (χ3n) is 3.86. The van der Waals surface area contributed by atoms with Gasteiger partial charge in [-0.05, 0) is 42.0 Å². The largest absolute Gasteiger partial charge is 0.490 e. The number of halogens is 3. The van der Waals surface area contributed by atoms with Gasteiger partial charge in [0.1, 0.15) is 18.6 Å². The molecule has 150 valence electrons. The molecule has 8 heteroatoms. The fourth-order valence-corrected chi connectivity index (χ4v) is 2.51. The van der Waals surface area contributed by atoms with Crippen molar-refractivity contribution in [2.75, 3.05) is 6.61 Å². The summed E-state index contributed by atoms with van der Waals surface area (Å²) < 4.78 is 48.6. The molecule has 0 radical (unpaired) electrons. The van der Waals surface area contributed by atoms with Crippen LogP contribution in [-0.2, 0) is 17.4 Å². The summed E-state index contributed by atoms with van der Waals surface area (Å²) in [5.41, 5.74) is 0.881. The Morgan fingerprint density at radius 3 is 2.62 bits per heavy atom. The van der Waals surface area contributed by atoms with Crippen LogP contribution in [0, 0.1) is 0 Å². The Morgan fingerprint density at radius 1 is 1.17 bits per heavy atom. The summed E-state index contributed by atoms with van der Waals surface area (Å²) in [4.78, 5) is 14.8. The molecule has 1 aromatic heterocycles. The molecule has 0 bridgehead atoms. The van der Waals surface area contributed by atoms with Crippen LogP contribution >= 0.6 is 0 Å². The highest BCUT2D eigenvalue weighted by Crippen LogP contribution is 2.29. The first kappa shape index (κ1) is 20.2. The molecule has 5 nitrogen and oxygen atoms in total. The van der Waals surface area contributed by atoms with Gasteiger partial charge in [-0.15, -0.1) is 0 Å². The summed E-state index contributed by atoms with van der Waals surface area (Å²) in [6, 6.07) is 11.7. The third kappa shape index (κ3) is 5.71. The summed E-state index contributed by atoms with van der Waals surface area (Å²) in [7, 11) is 0. The van der Waals surface area contributed by atoms with E-state index in [2.05, 4.69) is 4.98 Å². The average molecular weight is 403 g/mol. The highest BCUT2D eigenvalue weighted by molar-refractivity contribution is 5.69. The number of nitrogens with zero attached hydrogens (tertiary/aromatic N) is 1. The molecule has 3 rings (SSSR count). The molecule has 0 aliphatic carbocycles. The van der Waals surface area contributed by atoms with Gasteiger partial charge in [0.25, 0.3) is 0 Å². The van der Waals surface area contributed by atoms with Gasteiger partial charge in [0.2, 0.25) is 5.89 Å². The van der Waals surface area contributed by atoms with Gasteiger partial charge in [0.15, 0.2) is 0 Å². The number of alkyl halides is 3. The second-order valence-corrected chi connectivity index (χ2v) is 6.08. The van der Waals surface area contributed by atoms with Crippen LogP contribution in [0.25, 0.3) is 17.5 Å². The van der Waals surface area contributed by atoms with Crippen molar-refractivity contribution in [3.63, 3.8) is 0 Å². The topological polar surface area (TPSA) is 72.6 Å². The molecule has 0 atom stereocenters. The lowest BCUT2D eigenvalue weighted by molar-refractivity contribution is -0.138. The number of aliphatic carboxylic acids is 1. The third-order valence-corrected chi connectivity index (χ3v) is 3.86. The molecule has 0 amide bonds. The molecule has 29 heavy (non-hydrogen) atoms. The van der Waals surface area contributed by atoms with Gasteiger partial charge in [0.05, 0.1) is 17.7 Å². The Balaban J connectivity index is 1.59. The number of carboxylic acid groups (broad SMARTS) is 1. The molecule has 0 saturated heterocycles. The van der Waals surface area contributed by atoms with Crippen molar-refractivity contribution in [3.05, 3.63) is 77.7 Å². The number of rotatable bonds is 7. The van der Waals surface area contributed by atoms with Crippen LogP contribution in [0.3, 0.4) is 0 Å². The maximum atomic E-state index is 12.6. The van der Waals surface area contributed by atoms with E-state index in [1.54, 1.807) is 36.4 Å². The molecule has 0 aliphatic rings. The van der Waals surface area contributed by atoms with E-state index >= 15 is 0 Å². The molecule has 1 heterocycles. The Hall–Kier alpha value is -3.55. The number of carboxylic acids is 1. The van der Waals surface area contributed by atoms with Gasteiger partial charge in [-0.1, -0.05) is 24.3 Å². The van der Waals surface area contributed by atoms with Crippen LogP contribution in [0.2, 0.25) is 0 Å². The summed E-state index contributed by atoms with van der Waals surface area (Å²) in [5.74, 6) is -0.175. The smallest absolute Gasteiger partial charge is 0.416 e. The monoisotopic (exact) mass is 403 g/mol. The van der Waals surface area contributed by atoms with Gasteiger partial charge in [-0.3, -0.25) is 4.79 Å². The number of aromatic nitrogens is 1. The van der Waals surface area contributed by atoms with E-state index in [4.69, 9.17) is 14.3 Å². The number of benzene rings is 2. The Bertz CT molecular complexity index is 1010. The lowest BCUT2D eigenvalue weighted by Gasteiger charge is -2.06. The molecule has 2 aromatic carbocycles. The van der Waals surface area contributed by atoms with Crippen molar-refractivity contribution < 1.29 is 32.2 Å². The molecular weight excluding hydrogens is 387 g/mol. The molecule has 3 aromatic rings. The SMILES string of the molecule is O=C(O)Cc1coc(-c2cccc(OCC=Cc3ccc(C(F)(F)F)cc3)c2)n1. The van der Waals surface area contributed by atoms with Gasteiger partial charge in [-0.2, -0.15) is 13.2 Å². The van der Waals surface area contributed by atoms with Crippen molar-refractivity contribution in [3.8, 4) is 17.2 Å². The standard InChI is InChI=1S/C21H16F3NO4/c22-21(23,24)16-8-6-14(7-9-16)3-2-10-28-18-5-1-4-15(11-18)20-25-17(13-29-20)12-19(26)27/h1-9,11,13H,10,12H2,(H,26,27). The number of carbonyl (C=O) groups is 1. The quantitative estimate of drug-likeness (QED) is 0.596. The minimum atomic E-state index is -4.35. The Morgan fingerprint density at radius 2 is 1.93 bits per heavy atom. The average Bonchev–Trinajstić information content (AvgIpc) is 3.13. The highest BCUT2D eigenvalue weighted by Gasteiger charge is 2.29. The lowest BCUT2D eigenvalue weighted by Crippen LogP contribution is -2.03. The zero-order chi connectivity index (χ0) is 20.9. The first-order valence-electron chi connectivity index (χ1n) is 8.54. The van der Waals surface area contributed by atoms with E-state index in [-0.39, 0.29) is 18.9 Å². The second-order valence-electron chi connectivity index (χ2n) is 6.08. The van der Waals surface area contributed by atoms with Gasteiger partial charge < -0.3 is 14.3 Å². The molecule has 0 spiro atoms. The molecule has 0 unspecified atom stereocenters. The van der Waals surface area contributed by atoms with Crippen LogP contribution in [0.15, 0.2) is 65.3 Å². The van der Waals surface area contributed by atoms with Crippen molar-refractivity contribution in [1.82, 2.24) is 4.98 Å². The van der Waals surface area contributed by atoms with Crippen LogP contribution in [0.4, 0.5) is 13.2 Å². The fourth-order valence-electron chi connectivity index (χ4n) is 2.51. The van der Waals surface area contributed by atoms with Crippen LogP contribution in [-0.4, -0.2) is 22.7 Å². The number of oxazole rings is 1. The van der Waals surface area contributed by atoms with Crippen LogP contribution < -0.4 is 4.74 Å². The minimum Gasteiger partial charge on any atom is -0.490 e. The van der Waals surface area contributed by atoms with Gasteiger partial charge in [0, 0.05) is 5.56 Å². The molecule has 0 fully saturated rings. The fraction of sp³-hybridized carbons (Fsp3) is 0.143. The number of hydrogen-bond donors (Lipinski definition) is 1. The van der Waals surface area contributed by atoms with E-state index in [0.29, 0.717) is 22.6 Å². The minimum absolute atomic E-state index is 0.209. The molecule has 1 N–H and O–H groups in total.